The molecule has 2 aromatic carbocycles. The second kappa shape index (κ2) is 5.25. The maximum atomic E-state index is 6.06. The predicted molar refractivity (Wildman–Crippen MR) is 104 cm³/mol. The molecular weight excluding hydrogens is 335 g/mol. The lowest BCUT2D eigenvalue weighted by Gasteiger charge is -2.37. The van der Waals surface area contributed by atoms with Crippen LogP contribution in [0, 0.1) is 16.7 Å². The highest BCUT2D eigenvalue weighted by molar-refractivity contribution is 6.30. The Balaban J connectivity index is 1.79. The Morgan fingerprint density at radius 2 is 1.25 bits per heavy atom. The second-order valence-corrected chi connectivity index (χ2v) is 8.47. The molecule has 0 radical (unpaired) electrons. The number of benzene rings is 2. The van der Waals surface area contributed by atoms with Gasteiger partial charge in [0.2, 0.25) is 0 Å². The van der Waals surface area contributed by atoms with E-state index < -0.39 is 0 Å². The smallest absolute Gasteiger partial charge is 0.0406 e. The van der Waals surface area contributed by atoms with Crippen LogP contribution in [-0.4, -0.2) is 0 Å². The third kappa shape index (κ3) is 2.13. The molecule has 2 aliphatic carbocycles. The van der Waals surface area contributed by atoms with Gasteiger partial charge in [-0.1, -0.05) is 80.4 Å². The van der Waals surface area contributed by atoms with Crippen LogP contribution >= 0.6 is 23.2 Å². The lowest BCUT2D eigenvalue weighted by molar-refractivity contribution is 0.216. The summed E-state index contributed by atoms with van der Waals surface area (Å²) in [6.07, 6.45) is 4.91. The molecule has 2 bridgehead atoms. The molecule has 0 saturated carbocycles. The number of fused-ring (bicyclic) bond motifs is 2. The molecule has 0 N–H and O–H groups in total. The highest BCUT2D eigenvalue weighted by Gasteiger charge is 2.57. The van der Waals surface area contributed by atoms with Crippen molar-refractivity contribution in [2.75, 3.05) is 0 Å². The first-order chi connectivity index (χ1) is 11.3. The average molecular weight is 355 g/mol. The van der Waals surface area contributed by atoms with Gasteiger partial charge in [-0.25, -0.2) is 0 Å². The summed E-state index contributed by atoms with van der Waals surface area (Å²) in [6.45, 7) is 7.10. The van der Waals surface area contributed by atoms with Crippen LogP contribution < -0.4 is 0 Å². The first kappa shape index (κ1) is 16.0. The number of rotatable bonds is 2. The minimum atomic E-state index is 0.0144. The minimum Gasteiger partial charge on any atom is -0.0843 e. The van der Waals surface area contributed by atoms with Gasteiger partial charge < -0.3 is 0 Å². The molecule has 4 rings (SSSR count). The van der Waals surface area contributed by atoms with E-state index in [1.807, 2.05) is 24.3 Å². The summed E-state index contributed by atoms with van der Waals surface area (Å²) in [7, 11) is 0. The van der Waals surface area contributed by atoms with Gasteiger partial charge in [0.15, 0.2) is 0 Å². The molecule has 0 spiro atoms. The molecule has 2 atom stereocenters. The molecule has 24 heavy (non-hydrogen) atoms. The van der Waals surface area contributed by atoms with Gasteiger partial charge in [-0.3, -0.25) is 0 Å². The highest BCUT2D eigenvalue weighted by Crippen LogP contribution is 2.68. The quantitative estimate of drug-likeness (QED) is 0.537. The van der Waals surface area contributed by atoms with E-state index in [0.29, 0.717) is 5.92 Å². The van der Waals surface area contributed by atoms with Crippen molar-refractivity contribution in [3.63, 3.8) is 0 Å². The summed E-state index contributed by atoms with van der Waals surface area (Å²) in [6, 6.07) is 16.4. The molecule has 0 heterocycles. The standard InChI is InChI=1S/C22H20Cl2/c1-21(2)20-12-19(15-6-10-17(24)11-7-15)22(21,3)13-18(20)14-4-8-16(23)9-5-14/h4-13,20H,1-3H3/t20-,22-/m1/s1. The molecule has 0 unspecified atom stereocenters. The monoisotopic (exact) mass is 354 g/mol. The summed E-state index contributed by atoms with van der Waals surface area (Å²) in [5, 5.41) is 1.56. The van der Waals surface area contributed by atoms with Crippen LogP contribution in [0.1, 0.15) is 31.9 Å². The largest absolute Gasteiger partial charge is 0.0843 e. The lowest BCUT2D eigenvalue weighted by atomic mass is 9.66. The summed E-state index contributed by atoms with van der Waals surface area (Å²) in [5.74, 6) is 0.411. The normalized spacial score (nSPS) is 27.1. The Morgan fingerprint density at radius 1 is 0.750 bits per heavy atom. The molecule has 2 aliphatic rings. The van der Waals surface area contributed by atoms with E-state index in [2.05, 4.69) is 57.2 Å². The zero-order valence-electron chi connectivity index (χ0n) is 14.1. The SMILES string of the molecule is CC1(C)[C@@H]2C=C(c3ccc(Cl)cc3)[C@@]1(C)C=C2c1ccc(Cl)cc1. The molecule has 2 heteroatoms. The van der Waals surface area contributed by atoms with Crippen LogP contribution in [0.5, 0.6) is 0 Å². The second-order valence-electron chi connectivity index (χ2n) is 7.60. The van der Waals surface area contributed by atoms with Crippen LogP contribution in [-0.2, 0) is 0 Å². The molecule has 0 saturated heterocycles. The summed E-state index contributed by atoms with van der Waals surface area (Å²) >= 11 is 12.1. The van der Waals surface area contributed by atoms with Gasteiger partial charge in [-0.05, 0) is 52.0 Å². The zero-order valence-corrected chi connectivity index (χ0v) is 15.6. The van der Waals surface area contributed by atoms with Crippen molar-refractivity contribution in [1.29, 1.82) is 0 Å². The summed E-state index contributed by atoms with van der Waals surface area (Å²) in [4.78, 5) is 0. The van der Waals surface area contributed by atoms with Gasteiger partial charge >= 0.3 is 0 Å². The van der Waals surface area contributed by atoms with Gasteiger partial charge in [0, 0.05) is 21.4 Å². The van der Waals surface area contributed by atoms with Crippen molar-refractivity contribution >= 4 is 34.3 Å². The van der Waals surface area contributed by atoms with Crippen molar-refractivity contribution < 1.29 is 0 Å². The van der Waals surface area contributed by atoms with Crippen LogP contribution in [0.25, 0.3) is 11.1 Å². The van der Waals surface area contributed by atoms with E-state index >= 15 is 0 Å². The van der Waals surface area contributed by atoms with Crippen molar-refractivity contribution in [2.45, 2.75) is 20.8 Å². The Hall–Kier alpha value is -1.50. The average Bonchev–Trinajstić information content (AvgIpc) is 2.87. The summed E-state index contributed by atoms with van der Waals surface area (Å²) in [5.41, 5.74) is 5.53. The van der Waals surface area contributed by atoms with Crippen molar-refractivity contribution in [3.05, 3.63) is 81.9 Å². The van der Waals surface area contributed by atoms with Crippen molar-refractivity contribution in [1.82, 2.24) is 0 Å². The topological polar surface area (TPSA) is 0 Å². The van der Waals surface area contributed by atoms with E-state index in [0.717, 1.165) is 10.0 Å². The molecule has 0 aliphatic heterocycles. The van der Waals surface area contributed by atoms with E-state index in [4.69, 9.17) is 23.2 Å². The molecule has 0 nitrogen and oxygen atoms in total. The fraction of sp³-hybridized carbons (Fsp3) is 0.273. The Bertz CT molecular complexity index is 854. The van der Waals surface area contributed by atoms with Gasteiger partial charge in [-0.15, -0.1) is 0 Å². The first-order valence-corrected chi connectivity index (χ1v) is 9.05. The predicted octanol–water partition coefficient (Wildman–Crippen LogP) is 7.14. The minimum absolute atomic E-state index is 0.0144. The van der Waals surface area contributed by atoms with E-state index in [1.165, 1.54) is 22.3 Å². The van der Waals surface area contributed by atoms with Gasteiger partial charge in [0.1, 0.15) is 0 Å². The number of allylic oxidation sites excluding steroid dienone is 4. The van der Waals surface area contributed by atoms with Gasteiger partial charge in [0.05, 0.1) is 0 Å². The first-order valence-electron chi connectivity index (χ1n) is 8.30. The highest BCUT2D eigenvalue weighted by atomic mass is 35.5. The van der Waals surface area contributed by atoms with Gasteiger partial charge in [-0.2, -0.15) is 0 Å². The van der Waals surface area contributed by atoms with Crippen molar-refractivity contribution in [2.24, 2.45) is 16.7 Å². The van der Waals surface area contributed by atoms with Crippen LogP contribution in [0.15, 0.2) is 60.7 Å². The Morgan fingerprint density at radius 3 is 1.71 bits per heavy atom. The van der Waals surface area contributed by atoms with E-state index in [1.54, 1.807) is 0 Å². The van der Waals surface area contributed by atoms with Crippen LogP contribution in [0.3, 0.4) is 0 Å². The van der Waals surface area contributed by atoms with Crippen molar-refractivity contribution in [3.8, 4) is 0 Å². The molecule has 0 aromatic heterocycles. The number of hydrogen-bond donors (Lipinski definition) is 0. The summed E-state index contributed by atoms with van der Waals surface area (Å²) < 4.78 is 0. The number of halogens is 2. The maximum Gasteiger partial charge on any atom is 0.0406 e. The Labute approximate surface area is 153 Å². The van der Waals surface area contributed by atoms with E-state index in [-0.39, 0.29) is 10.8 Å². The van der Waals surface area contributed by atoms with E-state index in [9.17, 15) is 0 Å². The molecule has 0 amide bonds. The lowest BCUT2D eigenvalue weighted by Crippen LogP contribution is -2.30. The maximum absolute atomic E-state index is 6.06. The van der Waals surface area contributed by atoms with Crippen LogP contribution in [0.2, 0.25) is 10.0 Å². The number of hydrogen-bond acceptors (Lipinski definition) is 0. The molecular formula is C22H20Cl2. The molecule has 2 aromatic rings. The Kier molecular flexibility index (Phi) is 3.50. The third-order valence-electron chi connectivity index (χ3n) is 6.12. The van der Waals surface area contributed by atoms with Gasteiger partial charge in [0.25, 0.3) is 0 Å². The third-order valence-corrected chi connectivity index (χ3v) is 6.62. The zero-order chi connectivity index (χ0) is 17.1. The van der Waals surface area contributed by atoms with Crippen LogP contribution in [0.4, 0.5) is 0 Å². The fourth-order valence-corrected chi connectivity index (χ4v) is 4.54. The fourth-order valence-electron chi connectivity index (χ4n) is 4.29. The molecule has 0 fully saturated rings. The molecule has 122 valence electrons.